The smallest absolute Gasteiger partial charge is 0.326 e. The number of imidazole rings is 1. The van der Waals surface area contributed by atoms with Crippen molar-refractivity contribution in [3.63, 3.8) is 0 Å². The number of H-pyrrole nitrogens is 2. The van der Waals surface area contributed by atoms with Gasteiger partial charge in [0.2, 0.25) is 0 Å². The zero-order chi connectivity index (χ0) is 23.9. The first kappa shape index (κ1) is 22.2. The minimum Gasteiger partial charge on any atom is -0.351 e. The Bertz CT molecular complexity index is 1400. The van der Waals surface area contributed by atoms with Gasteiger partial charge in [-0.3, -0.25) is 9.36 Å². The summed E-state index contributed by atoms with van der Waals surface area (Å²) in [4.78, 5) is 33.7. The number of rotatable bonds is 7. The molecule has 3 heterocycles. The van der Waals surface area contributed by atoms with Crippen molar-refractivity contribution in [3.8, 4) is 0 Å². The van der Waals surface area contributed by atoms with Gasteiger partial charge in [0.05, 0.1) is 11.0 Å². The summed E-state index contributed by atoms with van der Waals surface area (Å²) in [5, 5.41) is 4.21. The van der Waals surface area contributed by atoms with E-state index in [0.29, 0.717) is 23.6 Å². The van der Waals surface area contributed by atoms with Crippen molar-refractivity contribution in [2.45, 2.75) is 44.7 Å². The third kappa shape index (κ3) is 4.29. The van der Waals surface area contributed by atoms with Gasteiger partial charge in [0.15, 0.2) is 0 Å². The number of fused-ring (bicyclic) bond motifs is 1. The van der Waals surface area contributed by atoms with E-state index in [9.17, 15) is 9.59 Å². The Hall–Kier alpha value is -3.32. The van der Waals surface area contributed by atoms with Crippen molar-refractivity contribution in [2.24, 2.45) is 11.8 Å². The molecule has 0 spiro atoms. The first-order chi connectivity index (χ1) is 17.0. The van der Waals surface area contributed by atoms with Crippen LogP contribution in [0.5, 0.6) is 0 Å². The van der Waals surface area contributed by atoms with E-state index in [1.807, 2.05) is 47.0 Å². The maximum atomic E-state index is 12.6. The molecule has 3 atom stereocenters. The van der Waals surface area contributed by atoms with Crippen LogP contribution in [-0.2, 0) is 13.0 Å². The number of benzene rings is 2. The predicted octanol–water partition coefficient (Wildman–Crippen LogP) is 3.90. The number of carbonyl (C=O) groups is 1. The highest BCUT2D eigenvalue weighted by molar-refractivity contribution is 5.97. The molecule has 182 valence electrons. The molecule has 6 rings (SSSR count). The molecule has 7 heteroatoms. The maximum Gasteiger partial charge on any atom is 0.326 e. The lowest BCUT2D eigenvalue weighted by Gasteiger charge is -2.32. The third-order valence-corrected chi connectivity index (χ3v) is 8.21. The molecule has 4 aromatic rings. The van der Waals surface area contributed by atoms with Gasteiger partial charge < -0.3 is 20.2 Å². The second-order valence-electron chi connectivity index (χ2n) is 10.5. The lowest BCUT2D eigenvalue weighted by atomic mass is 9.98. The van der Waals surface area contributed by atoms with E-state index in [1.165, 1.54) is 31.2 Å². The summed E-state index contributed by atoms with van der Waals surface area (Å²) in [6, 6.07) is 16.4. The molecule has 0 saturated heterocycles. The average Bonchev–Trinajstić information content (AvgIpc) is 3.59. The van der Waals surface area contributed by atoms with Crippen molar-refractivity contribution in [1.82, 2.24) is 24.8 Å². The summed E-state index contributed by atoms with van der Waals surface area (Å²) in [5.41, 5.74) is 4.91. The van der Waals surface area contributed by atoms with Gasteiger partial charge in [-0.25, -0.2) is 4.79 Å². The van der Waals surface area contributed by atoms with Crippen LogP contribution in [0.2, 0.25) is 0 Å². The second kappa shape index (κ2) is 9.04. The lowest BCUT2D eigenvalue weighted by molar-refractivity contribution is 0.0942. The molecule has 1 amide bonds. The minimum atomic E-state index is -0.0175. The van der Waals surface area contributed by atoms with Crippen molar-refractivity contribution in [1.29, 1.82) is 0 Å². The van der Waals surface area contributed by atoms with Crippen LogP contribution in [0.15, 0.2) is 53.3 Å². The number of carbonyl (C=O) groups excluding carboxylic acids is 1. The van der Waals surface area contributed by atoms with E-state index in [-0.39, 0.29) is 11.6 Å². The summed E-state index contributed by atoms with van der Waals surface area (Å²) < 4.78 is 1.91. The van der Waals surface area contributed by atoms with E-state index in [2.05, 4.69) is 33.3 Å². The molecular weight excluding hydrogens is 438 g/mol. The molecule has 1 aliphatic heterocycles. The fourth-order valence-corrected chi connectivity index (χ4v) is 6.18. The van der Waals surface area contributed by atoms with E-state index in [4.69, 9.17) is 0 Å². The highest BCUT2D eigenvalue weighted by atomic mass is 16.2. The second-order valence-corrected chi connectivity index (χ2v) is 10.5. The topological polar surface area (TPSA) is 85.9 Å². The van der Waals surface area contributed by atoms with Gasteiger partial charge >= 0.3 is 5.69 Å². The first-order valence-electron chi connectivity index (χ1n) is 12.8. The van der Waals surface area contributed by atoms with E-state index in [0.717, 1.165) is 48.0 Å². The summed E-state index contributed by atoms with van der Waals surface area (Å²) in [7, 11) is 2.19. The van der Waals surface area contributed by atoms with E-state index >= 15 is 0 Å². The van der Waals surface area contributed by atoms with Crippen LogP contribution in [0.1, 0.15) is 41.7 Å². The summed E-state index contributed by atoms with van der Waals surface area (Å²) in [5.74, 6) is 1.23. The number of nitrogens with zero attached hydrogens (tertiary/aromatic N) is 2. The molecule has 35 heavy (non-hydrogen) atoms. The monoisotopic (exact) mass is 471 g/mol. The van der Waals surface area contributed by atoms with E-state index < -0.39 is 0 Å². The molecule has 0 bridgehead atoms. The highest BCUT2D eigenvalue weighted by Crippen LogP contribution is 2.33. The Morgan fingerprint density at radius 1 is 1.09 bits per heavy atom. The number of aromatic nitrogens is 3. The molecular formula is C28H33N5O2. The van der Waals surface area contributed by atoms with Gasteiger partial charge in [0.1, 0.15) is 5.69 Å². The van der Waals surface area contributed by atoms with Gasteiger partial charge in [0, 0.05) is 30.0 Å². The fourth-order valence-electron chi connectivity index (χ4n) is 6.18. The number of nitrogens with one attached hydrogen (secondary N) is 3. The van der Waals surface area contributed by atoms with E-state index in [1.54, 1.807) is 0 Å². The summed E-state index contributed by atoms with van der Waals surface area (Å²) in [6.07, 6.45) is 5.73. The number of aromatic amines is 2. The zero-order valence-electron chi connectivity index (χ0n) is 20.2. The standard InChI is InChI=1S/C28H33N5O2/c1-32(22-14-21-6-4-8-24-26(21)33(17-22)28(35)31-24)12-11-18-9-10-19(13-18)16-29-27(34)25-15-20-5-2-3-7-23(20)30-25/h2-8,15,18-19,22,30H,9-14,16-17H2,1H3,(H,29,34)(H,31,35)/t18-,19+,22+/m0/s1. The predicted molar refractivity (Wildman–Crippen MR) is 139 cm³/mol. The van der Waals surface area contributed by atoms with Crippen LogP contribution in [0.25, 0.3) is 21.9 Å². The number of hydrogen-bond donors (Lipinski definition) is 3. The Kier molecular flexibility index (Phi) is 5.72. The van der Waals surface area contributed by atoms with Crippen LogP contribution in [-0.4, -0.2) is 51.5 Å². The quantitative estimate of drug-likeness (QED) is 0.382. The third-order valence-electron chi connectivity index (χ3n) is 8.21. The zero-order valence-corrected chi connectivity index (χ0v) is 20.2. The van der Waals surface area contributed by atoms with Crippen molar-refractivity contribution in [2.75, 3.05) is 20.1 Å². The van der Waals surface area contributed by atoms with Gasteiger partial charge in [-0.1, -0.05) is 36.8 Å². The van der Waals surface area contributed by atoms with Crippen LogP contribution in [0.3, 0.4) is 0 Å². The van der Waals surface area contributed by atoms with Gasteiger partial charge in [-0.05, 0) is 74.9 Å². The molecule has 1 aliphatic carbocycles. The number of amides is 1. The largest absolute Gasteiger partial charge is 0.351 e. The molecule has 0 radical (unpaired) electrons. The fraction of sp³-hybridized carbons (Fsp3) is 0.429. The molecule has 2 aromatic heterocycles. The van der Waals surface area contributed by atoms with Gasteiger partial charge in [-0.15, -0.1) is 0 Å². The lowest BCUT2D eigenvalue weighted by Crippen LogP contribution is -2.42. The number of para-hydroxylation sites is 2. The minimum absolute atomic E-state index is 0.00122. The van der Waals surface area contributed by atoms with Crippen molar-refractivity contribution >= 4 is 27.8 Å². The highest BCUT2D eigenvalue weighted by Gasteiger charge is 2.28. The van der Waals surface area contributed by atoms with Crippen LogP contribution in [0.4, 0.5) is 0 Å². The normalized spacial score (nSPS) is 21.8. The molecule has 1 saturated carbocycles. The van der Waals surface area contributed by atoms with Crippen LogP contribution in [0, 0.1) is 11.8 Å². The first-order valence-corrected chi connectivity index (χ1v) is 12.8. The Balaban J connectivity index is 0.985. The Labute approximate surface area is 204 Å². The molecule has 3 N–H and O–H groups in total. The van der Waals surface area contributed by atoms with Crippen molar-refractivity contribution < 1.29 is 4.79 Å². The summed E-state index contributed by atoms with van der Waals surface area (Å²) >= 11 is 0. The molecule has 0 unspecified atom stereocenters. The maximum absolute atomic E-state index is 12.6. The van der Waals surface area contributed by atoms with Crippen molar-refractivity contribution in [3.05, 3.63) is 70.3 Å². The number of likely N-dealkylation sites (N-methyl/N-ethyl adjacent to an activating group) is 1. The average molecular weight is 472 g/mol. The molecule has 2 aliphatic rings. The Morgan fingerprint density at radius 2 is 1.91 bits per heavy atom. The van der Waals surface area contributed by atoms with Crippen LogP contribution >= 0.6 is 0 Å². The molecule has 2 aromatic carbocycles. The number of hydrogen-bond acceptors (Lipinski definition) is 3. The van der Waals surface area contributed by atoms with Gasteiger partial charge in [-0.2, -0.15) is 0 Å². The SMILES string of the molecule is CN(CC[C@@H]1CC[C@@H](CNC(=O)c2cc3ccccc3[nH]2)C1)[C@@H]1Cc2cccc3[nH]c(=O)n(c23)C1. The Morgan fingerprint density at radius 3 is 2.80 bits per heavy atom. The molecule has 1 fully saturated rings. The summed E-state index contributed by atoms with van der Waals surface area (Å²) in [6.45, 7) is 2.53. The van der Waals surface area contributed by atoms with Crippen LogP contribution < -0.4 is 11.0 Å². The molecule has 7 nitrogen and oxygen atoms in total. The van der Waals surface area contributed by atoms with Gasteiger partial charge in [0.25, 0.3) is 5.91 Å².